The number of fused-ring (bicyclic) bond motifs is 14. The van der Waals surface area contributed by atoms with Gasteiger partial charge in [0.05, 0.1) is 16.8 Å². The van der Waals surface area contributed by atoms with E-state index in [1.807, 2.05) is 7.05 Å². The molecule has 198 valence electrons. The Bertz CT molecular complexity index is 2210. The van der Waals surface area contributed by atoms with E-state index in [0.29, 0.717) is 0 Å². The van der Waals surface area contributed by atoms with Gasteiger partial charge in [-0.3, -0.25) is 0 Å². The number of benzene rings is 7. The van der Waals surface area contributed by atoms with E-state index in [1.54, 1.807) is 0 Å². The number of hydrogen-bond donors (Lipinski definition) is 2. The van der Waals surface area contributed by atoms with E-state index in [1.165, 1.54) is 71.6 Å². The zero-order valence-electron chi connectivity index (χ0n) is 23.3. The second kappa shape index (κ2) is 8.34. The molecule has 2 nitrogen and oxygen atoms in total. The minimum atomic E-state index is -0.387. The molecule has 9 rings (SSSR count). The van der Waals surface area contributed by atoms with Crippen molar-refractivity contribution in [3.05, 3.63) is 156 Å². The molecule has 0 saturated heterocycles. The lowest BCUT2D eigenvalue weighted by Crippen LogP contribution is -2.26. The SMILES string of the molecule is CNc1ccc(-c2ccc3c4c(ccc3c2)-c2c(ccc3ccccc23)C42c3ccccc3-c3ccccc32)cc1N. The molecule has 42 heavy (non-hydrogen) atoms. The summed E-state index contributed by atoms with van der Waals surface area (Å²) < 4.78 is 0. The van der Waals surface area contributed by atoms with Crippen molar-refractivity contribution in [1.29, 1.82) is 0 Å². The van der Waals surface area contributed by atoms with Crippen LogP contribution in [0.2, 0.25) is 0 Å². The van der Waals surface area contributed by atoms with Crippen molar-refractivity contribution in [1.82, 2.24) is 0 Å². The quantitative estimate of drug-likeness (QED) is 0.216. The van der Waals surface area contributed by atoms with E-state index in [0.717, 1.165) is 16.9 Å². The molecule has 7 aromatic rings. The molecule has 0 saturated carbocycles. The number of hydrogen-bond acceptors (Lipinski definition) is 2. The van der Waals surface area contributed by atoms with Crippen LogP contribution in [0.15, 0.2) is 133 Å². The molecule has 0 bridgehead atoms. The summed E-state index contributed by atoms with van der Waals surface area (Å²) in [6.45, 7) is 0. The van der Waals surface area contributed by atoms with E-state index < -0.39 is 0 Å². The van der Waals surface area contributed by atoms with Gasteiger partial charge < -0.3 is 11.1 Å². The molecule has 1 spiro atoms. The molecule has 3 N–H and O–H groups in total. The predicted octanol–water partition coefficient (Wildman–Crippen LogP) is 9.63. The molecule has 0 aromatic heterocycles. The van der Waals surface area contributed by atoms with Crippen LogP contribution < -0.4 is 11.1 Å². The molecule has 7 aromatic carbocycles. The highest BCUT2D eigenvalue weighted by molar-refractivity contribution is 6.11. The van der Waals surface area contributed by atoms with Gasteiger partial charge in [-0.2, -0.15) is 0 Å². The summed E-state index contributed by atoms with van der Waals surface area (Å²) in [7, 11) is 1.90. The van der Waals surface area contributed by atoms with Crippen molar-refractivity contribution in [2.24, 2.45) is 0 Å². The van der Waals surface area contributed by atoms with Gasteiger partial charge in [0.25, 0.3) is 0 Å². The Kier molecular flexibility index (Phi) is 4.64. The maximum atomic E-state index is 6.36. The van der Waals surface area contributed by atoms with Crippen LogP contribution >= 0.6 is 0 Å². The standard InChI is InChI=1S/C40H28N2/c1-42-37-21-17-26(23-36(37)41)25-14-18-29-27(22-25)15-19-32-38-28-9-3-2-8-24(28)16-20-35(38)40(39(29)32)33-12-6-4-10-30(33)31-11-5-7-13-34(31)40/h2-23,42H,41H2,1H3. The zero-order chi connectivity index (χ0) is 28.0. The van der Waals surface area contributed by atoms with E-state index in [-0.39, 0.29) is 5.41 Å². The summed E-state index contributed by atoms with van der Waals surface area (Å²) in [6, 6.07) is 49.4. The molecule has 0 aliphatic heterocycles. The number of nitrogens with two attached hydrogens (primary N) is 1. The number of anilines is 2. The van der Waals surface area contributed by atoms with Crippen molar-refractivity contribution in [3.8, 4) is 33.4 Å². The second-order valence-electron chi connectivity index (χ2n) is 11.5. The third-order valence-electron chi connectivity index (χ3n) is 9.60. The summed E-state index contributed by atoms with van der Waals surface area (Å²) in [5.74, 6) is 0. The van der Waals surface area contributed by atoms with E-state index in [4.69, 9.17) is 5.73 Å². The van der Waals surface area contributed by atoms with Gasteiger partial charge >= 0.3 is 0 Å². The molecule has 0 fully saturated rings. The smallest absolute Gasteiger partial charge is 0.0731 e. The van der Waals surface area contributed by atoms with Crippen molar-refractivity contribution >= 4 is 32.9 Å². The summed E-state index contributed by atoms with van der Waals surface area (Å²) in [4.78, 5) is 0. The average molecular weight is 537 g/mol. The predicted molar refractivity (Wildman–Crippen MR) is 177 cm³/mol. The topological polar surface area (TPSA) is 38.0 Å². The highest BCUT2D eigenvalue weighted by Crippen LogP contribution is 2.65. The highest BCUT2D eigenvalue weighted by Gasteiger charge is 2.52. The van der Waals surface area contributed by atoms with E-state index in [2.05, 4.69) is 139 Å². The van der Waals surface area contributed by atoms with Gasteiger partial charge in [-0.1, -0.05) is 115 Å². The molecule has 2 aliphatic carbocycles. The molecule has 0 heterocycles. The van der Waals surface area contributed by atoms with Gasteiger partial charge in [0.2, 0.25) is 0 Å². The summed E-state index contributed by atoms with van der Waals surface area (Å²) in [5, 5.41) is 8.29. The van der Waals surface area contributed by atoms with Crippen LogP contribution in [-0.2, 0) is 5.41 Å². The third kappa shape index (κ3) is 2.84. The first kappa shape index (κ1) is 23.4. The molecular weight excluding hydrogens is 508 g/mol. The Morgan fingerprint density at radius 3 is 1.95 bits per heavy atom. The van der Waals surface area contributed by atoms with Crippen LogP contribution in [0.25, 0.3) is 54.9 Å². The van der Waals surface area contributed by atoms with Crippen molar-refractivity contribution < 1.29 is 0 Å². The van der Waals surface area contributed by atoms with Crippen molar-refractivity contribution in [3.63, 3.8) is 0 Å². The van der Waals surface area contributed by atoms with E-state index in [9.17, 15) is 0 Å². The lowest BCUT2D eigenvalue weighted by molar-refractivity contribution is 0.802. The second-order valence-corrected chi connectivity index (χ2v) is 11.5. The van der Waals surface area contributed by atoms with Crippen molar-refractivity contribution in [2.45, 2.75) is 5.41 Å². The van der Waals surface area contributed by atoms with Crippen LogP contribution in [0, 0.1) is 0 Å². The maximum absolute atomic E-state index is 6.36. The van der Waals surface area contributed by atoms with Crippen LogP contribution in [0.3, 0.4) is 0 Å². The Labute approximate surface area is 245 Å². The molecular formula is C40H28N2. The number of nitrogen functional groups attached to an aromatic ring is 1. The van der Waals surface area contributed by atoms with Crippen LogP contribution in [0.5, 0.6) is 0 Å². The first-order chi connectivity index (χ1) is 20.7. The maximum Gasteiger partial charge on any atom is 0.0731 e. The number of rotatable bonds is 2. The molecule has 0 amide bonds. The lowest BCUT2D eigenvalue weighted by Gasteiger charge is -2.31. The molecule has 0 unspecified atom stereocenters. The minimum absolute atomic E-state index is 0.387. The van der Waals surface area contributed by atoms with Gasteiger partial charge in [-0.05, 0) is 95.4 Å². The molecule has 0 radical (unpaired) electrons. The Balaban J connectivity index is 1.41. The summed E-state index contributed by atoms with van der Waals surface area (Å²) in [5.41, 5.74) is 20.8. The van der Waals surface area contributed by atoms with Gasteiger partial charge in [-0.15, -0.1) is 0 Å². The number of nitrogens with one attached hydrogen (secondary N) is 1. The Morgan fingerprint density at radius 1 is 0.524 bits per heavy atom. The fourth-order valence-corrected chi connectivity index (χ4v) is 7.90. The molecule has 2 aliphatic rings. The first-order valence-electron chi connectivity index (χ1n) is 14.6. The molecule has 0 atom stereocenters. The largest absolute Gasteiger partial charge is 0.397 e. The van der Waals surface area contributed by atoms with Gasteiger partial charge in [-0.25, -0.2) is 0 Å². The van der Waals surface area contributed by atoms with Crippen molar-refractivity contribution in [2.75, 3.05) is 18.1 Å². The lowest BCUT2D eigenvalue weighted by atomic mass is 9.69. The normalized spacial score (nSPS) is 13.6. The van der Waals surface area contributed by atoms with E-state index >= 15 is 0 Å². The van der Waals surface area contributed by atoms with Crippen LogP contribution in [-0.4, -0.2) is 7.05 Å². The van der Waals surface area contributed by atoms with Crippen LogP contribution in [0.1, 0.15) is 22.3 Å². The summed E-state index contributed by atoms with van der Waals surface area (Å²) in [6.07, 6.45) is 0. The van der Waals surface area contributed by atoms with Gasteiger partial charge in [0, 0.05) is 7.05 Å². The summed E-state index contributed by atoms with van der Waals surface area (Å²) >= 11 is 0. The third-order valence-corrected chi connectivity index (χ3v) is 9.60. The highest BCUT2D eigenvalue weighted by atomic mass is 14.8. The van der Waals surface area contributed by atoms with Crippen LogP contribution in [0.4, 0.5) is 11.4 Å². The minimum Gasteiger partial charge on any atom is -0.397 e. The fourth-order valence-electron chi connectivity index (χ4n) is 7.90. The van der Waals surface area contributed by atoms with Gasteiger partial charge in [0.15, 0.2) is 0 Å². The van der Waals surface area contributed by atoms with Gasteiger partial charge in [0.1, 0.15) is 0 Å². The first-order valence-corrected chi connectivity index (χ1v) is 14.6. The Morgan fingerprint density at radius 2 is 1.19 bits per heavy atom. The molecule has 2 heteroatoms. The zero-order valence-corrected chi connectivity index (χ0v) is 23.3. The monoisotopic (exact) mass is 536 g/mol. The average Bonchev–Trinajstić information content (AvgIpc) is 3.52. The Hall–Kier alpha value is -5.34. The fraction of sp³-hybridized carbons (Fsp3) is 0.0500.